The van der Waals surface area contributed by atoms with Crippen LogP contribution in [0.5, 0.6) is 0 Å². The number of carbonyl (C=O) groups excluding carboxylic acids is 1. The van der Waals surface area contributed by atoms with Crippen LogP contribution in [0.4, 0.5) is 0 Å². The lowest BCUT2D eigenvalue weighted by atomic mass is 9.99. The Balaban J connectivity index is 2.66. The zero-order chi connectivity index (χ0) is 11.4. The van der Waals surface area contributed by atoms with Gasteiger partial charge in [-0.3, -0.25) is 4.79 Å². The first-order valence-electron chi connectivity index (χ1n) is 5.32. The predicted octanol–water partition coefficient (Wildman–Crippen LogP) is 2.29. The van der Waals surface area contributed by atoms with Crippen LogP contribution in [-0.2, 0) is 11.2 Å². The molecule has 0 radical (unpaired) electrons. The quantitative estimate of drug-likeness (QED) is 0.806. The molecule has 82 valence electrons. The Labute approximate surface area is 91.7 Å². The molecule has 1 rings (SSSR count). The van der Waals surface area contributed by atoms with Gasteiger partial charge in [-0.15, -0.1) is 0 Å². The minimum absolute atomic E-state index is 0.0376. The Morgan fingerprint density at radius 2 is 1.73 bits per heavy atom. The van der Waals surface area contributed by atoms with Gasteiger partial charge in [0.1, 0.15) is 0 Å². The highest BCUT2D eigenvalue weighted by Gasteiger charge is 2.01. The van der Waals surface area contributed by atoms with Gasteiger partial charge < -0.3 is 5.32 Å². The van der Waals surface area contributed by atoms with Crippen molar-refractivity contribution >= 4 is 5.91 Å². The maximum Gasteiger partial charge on any atom is 0.216 e. The van der Waals surface area contributed by atoms with E-state index in [1.54, 1.807) is 6.92 Å². The summed E-state index contributed by atoms with van der Waals surface area (Å²) in [5, 5.41) is 2.81. The number of hydrogen-bond donors (Lipinski definition) is 1. The van der Waals surface area contributed by atoms with E-state index in [0.29, 0.717) is 0 Å². The van der Waals surface area contributed by atoms with Crippen molar-refractivity contribution in [1.82, 2.24) is 5.32 Å². The third-order valence-electron chi connectivity index (χ3n) is 2.77. The number of amides is 1. The Bertz CT molecular complexity index is 346. The van der Waals surface area contributed by atoms with Crippen molar-refractivity contribution < 1.29 is 4.79 Å². The van der Waals surface area contributed by atoms with Crippen molar-refractivity contribution in [2.24, 2.45) is 0 Å². The molecule has 1 aromatic carbocycles. The molecule has 0 saturated carbocycles. The fourth-order valence-corrected chi connectivity index (χ4v) is 1.65. The smallest absolute Gasteiger partial charge is 0.216 e. The van der Waals surface area contributed by atoms with E-state index >= 15 is 0 Å². The summed E-state index contributed by atoms with van der Waals surface area (Å²) in [6.45, 7) is 8.67. The summed E-state index contributed by atoms with van der Waals surface area (Å²) >= 11 is 0. The molecule has 0 spiro atoms. The molecule has 1 amide bonds. The first kappa shape index (κ1) is 11.8. The number of hydrogen-bond acceptors (Lipinski definition) is 1. The third kappa shape index (κ3) is 3.39. The second-order valence-corrected chi connectivity index (χ2v) is 4.09. The summed E-state index contributed by atoms with van der Waals surface area (Å²) in [7, 11) is 0. The van der Waals surface area contributed by atoms with E-state index in [0.717, 1.165) is 13.0 Å². The van der Waals surface area contributed by atoms with Crippen LogP contribution in [0, 0.1) is 20.8 Å². The van der Waals surface area contributed by atoms with E-state index in [4.69, 9.17) is 0 Å². The van der Waals surface area contributed by atoms with Crippen LogP contribution in [-0.4, -0.2) is 12.5 Å². The average Bonchev–Trinajstić information content (AvgIpc) is 2.13. The second-order valence-electron chi connectivity index (χ2n) is 4.09. The first-order chi connectivity index (χ1) is 7.00. The molecule has 15 heavy (non-hydrogen) atoms. The van der Waals surface area contributed by atoms with Crippen LogP contribution in [0.15, 0.2) is 12.1 Å². The molecule has 0 aliphatic carbocycles. The summed E-state index contributed by atoms with van der Waals surface area (Å²) in [5.41, 5.74) is 5.31. The van der Waals surface area contributed by atoms with Gasteiger partial charge in [0, 0.05) is 13.5 Å². The summed E-state index contributed by atoms with van der Waals surface area (Å²) in [5.74, 6) is 0.0376. The van der Waals surface area contributed by atoms with Crippen molar-refractivity contribution in [3.05, 3.63) is 34.4 Å². The third-order valence-corrected chi connectivity index (χ3v) is 2.77. The van der Waals surface area contributed by atoms with Gasteiger partial charge in [-0.1, -0.05) is 12.1 Å². The van der Waals surface area contributed by atoms with Crippen LogP contribution < -0.4 is 5.32 Å². The molecule has 0 fully saturated rings. The summed E-state index contributed by atoms with van der Waals surface area (Å²) in [4.78, 5) is 10.7. The highest BCUT2D eigenvalue weighted by atomic mass is 16.1. The Hall–Kier alpha value is -1.31. The average molecular weight is 205 g/mol. The summed E-state index contributed by atoms with van der Waals surface area (Å²) < 4.78 is 0. The molecule has 1 aromatic rings. The predicted molar refractivity (Wildman–Crippen MR) is 63.0 cm³/mol. The minimum atomic E-state index is 0.0376. The van der Waals surface area contributed by atoms with E-state index in [2.05, 4.69) is 38.2 Å². The topological polar surface area (TPSA) is 29.1 Å². The standard InChI is InChI=1S/C13H19NO/c1-9-7-13(5-6-14-12(4)15)8-10(2)11(9)3/h7-8H,5-6H2,1-4H3,(H,14,15). The SMILES string of the molecule is CC(=O)NCCc1cc(C)c(C)c(C)c1. The summed E-state index contributed by atoms with van der Waals surface area (Å²) in [6, 6.07) is 4.40. The lowest BCUT2D eigenvalue weighted by molar-refractivity contribution is -0.118. The molecular formula is C13H19NO. The van der Waals surface area contributed by atoms with Gasteiger partial charge in [0.15, 0.2) is 0 Å². The largest absolute Gasteiger partial charge is 0.356 e. The Kier molecular flexibility index (Phi) is 3.89. The van der Waals surface area contributed by atoms with E-state index in [1.807, 2.05) is 0 Å². The van der Waals surface area contributed by atoms with Gasteiger partial charge in [-0.05, 0) is 49.4 Å². The highest BCUT2D eigenvalue weighted by Crippen LogP contribution is 2.15. The number of nitrogens with one attached hydrogen (secondary N) is 1. The van der Waals surface area contributed by atoms with E-state index in [1.165, 1.54) is 22.3 Å². The maximum absolute atomic E-state index is 10.7. The van der Waals surface area contributed by atoms with Crippen LogP contribution in [0.3, 0.4) is 0 Å². The van der Waals surface area contributed by atoms with Gasteiger partial charge >= 0.3 is 0 Å². The molecule has 0 aliphatic rings. The van der Waals surface area contributed by atoms with Crippen LogP contribution >= 0.6 is 0 Å². The van der Waals surface area contributed by atoms with Crippen molar-refractivity contribution in [3.63, 3.8) is 0 Å². The van der Waals surface area contributed by atoms with E-state index in [9.17, 15) is 4.79 Å². The molecular weight excluding hydrogens is 186 g/mol. The van der Waals surface area contributed by atoms with Crippen LogP contribution in [0.2, 0.25) is 0 Å². The molecule has 0 aromatic heterocycles. The zero-order valence-electron chi connectivity index (χ0n) is 9.98. The molecule has 0 atom stereocenters. The highest BCUT2D eigenvalue weighted by molar-refractivity contribution is 5.72. The number of aryl methyl sites for hydroxylation is 2. The lowest BCUT2D eigenvalue weighted by Crippen LogP contribution is -2.22. The minimum Gasteiger partial charge on any atom is -0.356 e. The molecule has 0 aliphatic heterocycles. The van der Waals surface area contributed by atoms with Crippen molar-refractivity contribution in [1.29, 1.82) is 0 Å². The first-order valence-corrected chi connectivity index (χ1v) is 5.32. The van der Waals surface area contributed by atoms with Gasteiger partial charge in [0.25, 0.3) is 0 Å². The molecule has 2 heteroatoms. The lowest BCUT2D eigenvalue weighted by Gasteiger charge is -2.09. The van der Waals surface area contributed by atoms with Gasteiger partial charge in [0.2, 0.25) is 5.91 Å². The number of rotatable bonds is 3. The van der Waals surface area contributed by atoms with Crippen LogP contribution in [0.25, 0.3) is 0 Å². The van der Waals surface area contributed by atoms with Crippen LogP contribution in [0.1, 0.15) is 29.2 Å². The molecule has 0 heterocycles. The van der Waals surface area contributed by atoms with Crippen molar-refractivity contribution in [2.45, 2.75) is 34.1 Å². The molecule has 0 unspecified atom stereocenters. The number of carbonyl (C=O) groups is 1. The summed E-state index contributed by atoms with van der Waals surface area (Å²) in [6.07, 6.45) is 0.904. The molecule has 2 nitrogen and oxygen atoms in total. The Morgan fingerprint density at radius 1 is 1.20 bits per heavy atom. The van der Waals surface area contributed by atoms with E-state index < -0.39 is 0 Å². The van der Waals surface area contributed by atoms with Gasteiger partial charge in [-0.2, -0.15) is 0 Å². The van der Waals surface area contributed by atoms with E-state index in [-0.39, 0.29) is 5.91 Å². The molecule has 0 saturated heterocycles. The number of benzene rings is 1. The Morgan fingerprint density at radius 3 is 2.20 bits per heavy atom. The second kappa shape index (κ2) is 4.96. The molecule has 1 N–H and O–H groups in total. The fraction of sp³-hybridized carbons (Fsp3) is 0.462. The maximum atomic E-state index is 10.7. The van der Waals surface area contributed by atoms with Gasteiger partial charge in [-0.25, -0.2) is 0 Å². The monoisotopic (exact) mass is 205 g/mol. The zero-order valence-corrected chi connectivity index (χ0v) is 9.98. The normalized spacial score (nSPS) is 10.1. The van der Waals surface area contributed by atoms with Crippen molar-refractivity contribution in [2.75, 3.05) is 6.54 Å². The van der Waals surface area contributed by atoms with Gasteiger partial charge in [0.05, 0.1) is 0 Å². The fourth-order valence-electron chi connectivity index (χ4n) is 1.65. The molecule has 0 bridgehead atoms. The van der Waals surface area contributed by atoms with Crippen molar-refractivity contribution in [3.8, 4) is 0 Å².